The van der Waals surface area contributed by atoms with Crippen LogP contribution in [0.5, 0.6) is 0 Å². The first kappa shape index (κ1) is 10.7. The first-order valence-corrected chi connectivity index (χ1v) is 5.12. The van der Waals surface area contributed by atoms with E-state index in [-0.39, 0.29) is 0 Å². The van der Waals surface area contributed by atoms with E-state index in [2.05, 4.69) is 34.3 Å². The van der Waals surface area contributed by atoms with Gasteiger partial charge in [0.05, 0.1) is 0 Å². The third-order valence-corrected chi connectivity index (χ3v) is 1.73. The summed E-state index contributed by atoms with van der Waals surface area (Å²) in [4.78, 5) is 0. The van der Waals surface area contributed by atoms with Crippen molar-refractivity contribution in [2.45, 2.75) is 0 Å². The van der Waals surface area contributed by atoms with Gasteiger partial charge in [-0.05, 0) is 0 Å². The van der Waals surface area contributed by atoms with E-state index in [1.165, 1.54) is 0 Å². The van der Waals surface area contributed by atoms with E-state index in [0.29, 0.717) is 24.7 Å². The highest BCUT2D eigenvalue weighted by Gasteiger charge is 2.17. The molecule has 0 saturated carbocycles. The van der Waals surface area contributed by atoms with Crippen LogP contribution in [0.2, 0.25) is 0 Å². The molecular weight excluding hydrogens is 191 g/mol. The van der Waals surface area contributed by atoms with E-state index in [0.717, 1.165) is 0 Å². The van der Waals surface area contributed by atoms with Gasteiger partial charge in [-0.3, -0.25) is 0 Å². The van der Waals surface area contributed by atoms with E-state index >= 15 is 0 Å². The van der Waals surface area contributed by atoms with Crippen molar-refractivity contribution in [2.24, 2.45) is 0 Å². The molecule has 10 heavy (non-hydrogen) atoms. The van der Waals surface area contributed by atoms with Gasteiger partial charge in [0.2, 0.25) is 0 Å². The lowest BCUT2D eigenvalue weighted by molar-refractivity contribution is 0.246. The molecule has 0 aromatic heterocycles. The van der Waals surface area contributed by atoms with Gasteiger partial charge in [0, 0.05) is 16.1 Å². The molecule has 0 bridgehead atoms. The molecule has 60 valence electrons. The molecule has 0 spiro atoms. The number of hydrogen-bond donors (Lipinski definition) is 2. The van der Waals surface area contributed by atoms with Gasteiger partial charge >= 0.3 is 8.25 Å². The van der Waals surface area contributed by atoms with E-state index in [9.17, 15) is 4.57 Å². The van der Waals surface area contributed by atoms with Crippen molar-refractivity contribution >= 4 is 33.5 Å². The summed E-state index contributed by atoms with van der Waals surface area (Å²) >= 11 is 7.72. The fraction of sp³-hybridized carbons (Fsp3) is 1.00. The Balaban J connectivity index is 3.09. The average Bonchev–Trinajstić information content (AvgIpc) is 1.97. The van der Waals surface area contributed by atoms with Gasteiger partial charge in [-0.15, -0.1) is 9.05 Å². The van der Waals surface area contributed by atoms with Crippen LogP contribution in [-0.4, -0.2) is 24.7 Å². The van der Waals surface area contributed by atoms with Crippen molar-refractivity contribution in [2.75, 3.05) is 24.7 Å². The van der Waals surface area contributed by atoms with Crippen LogP contribution in [-0.2, 0) is 13.6 Å². The third-order valence-electron chi connectivity index (χ3n) is 0.576. The van der Waals surface area contributed by atoms with Crippen molar-refractivity contribution < 1.29 is 13.6 Å². The molecule has 0 atom stereocenters. The molecule has 0 aromatic carbocycles. The second kappa shape index (κ2) is 7.82. The van der Waals surface area contributed by atoms with E-state index < -0.39 is 8.25 Å². The molecule has 0 heterocycles. The second-order valence-electron chi connectivity index (χ2n) is 1.34. The lowest BCUT2D eigenvalue weighted by atomic mass is 10.9. The van der Waals surface area contributed by atoms with E-state index in [4.69, 9.17) is 0 Å². The molecule has 0 amide bonds. The van der Waals surface area contributed by atoms with E-state index in [1.807, 2.05) is 0 Å². The molecule has 3 nitrogen and oxygen atoms in total. The SMILES string of the molecule is O=[P+](OCCS)OCCS. The smallest absolute Gasteiger partial charge is 0.177 e. The Kier molecular flexibility index (Phi) is 8.39. The minimum atomic E-state index is -1.94. The van der Waals surface area contributed by atoms with Gasteiger partial charge in [-0.1, -0.05) is 0 Å². The van der Waals surface area contributed by atoms with Crippen LogP contribution in [0.1, 0.15) is 0 Å². The van der Waals surface area contributed by atoms with Crippen LogP contribution in [0, 0.1) is 0 Å². The van der Waals surface area contributed by atoms with Crippen LogP contribution in [0.25, 0.3) is 0 Å². The quantitative estimate of drug-likeness (QED) is 0.505. The fourth-order valence-corrected chi connectivity index (χ4v) is 1.29. The summed E-state index contributed by atoms with van der Waals surface area (Å²) in [6.45, 7) is 0.704. The maximum atomic E-state index is 10.6. The Morgan fingerprint density at radius 3 is 1.80 bits per heavy atom. The van der Waals surface area contributed by atoms with Gasteiger partial charge in [0.25, 0.3) is 0 Å². The molecule has 0 aromatic rings. The van der Waals surface area contributed by atoms with Gasteiger partial charge in [0.1, 0.15) is 13.2 Å². The summed E-state index contributed by atoms with van der Waals surface area (Å²) in [6, 6.07) is 0. The highest BCUT2D eigenvalue weighted by Crippen LogP contribution is 2.22. The Hall–Kier alpha value is 0.720. The Morgan fingerprint density at radius 1 is 1.10 bits per heavy atom. The zero-order valence-corrected chi connectivity index (χ0v) is 8.08. The Labute approximate surface area is 72.2 Å². The molecule has 0 aliphatic heterocycles. The molecule has 0 aliphatic carbocycles. The van der Waals surface area contributed by atoms with Crippen molar-refractivity contribution in [3.05, 3.63) is 0 Å². The summed E-state index contributed by atoms with van der Waals surface area (Å²) < 4.78 is 19.9. The summed E-state index contributed by atoms with van der Waals surface area (Å²) in [6.07, 6.45) is 0. The molecule has 0 N–H and O–H groups in total. The second-order valence-corrected chi connectivity index (χ2v) is 3.20. The molecule has 0 saturated heterocycles. The maximum absolute atomic E-state index is 10.6. The summed E-state index contributed by atoms with van der Waals surface area (Å²) in [5, 5.41) is 0. The lowest BCUT2D eigenvalue weighted by Gasteiger charge is -1.85. The highest BCUT2D eigenvalue weighted by atomic mass is 32.1. The normalized spacial score (nSPS) is 9.80. The standard InChI is InChI=1S/C4H9O3PS2/c5-8(6-1-3-9)7-2-4-10/h1-4H2,(H-,9,10)/p+1. The van der Waals surface area contributed by atoms with Gasteiger partial charge < -0.3 is 0 Å². The zero-order valence-electron chi connectivity index (χ0n) is 5.39. The number of rotatable bonds is 6. The van der Waals surface area contributed by atoms with Gasteiger partial charge in [0.15, 0.2) is 0 Å². The van der Waals surface area contributed by atoms with Crippen molar-refractivity contribution in [3.63, 3.8) is 0 Å². The molecule has 0 rings (SSSR count). The summed E-state index contributed by atoms with van der Waals surface area (Å²) in [5.74, 6) is 1.09. The van der Waals surface area contributed by atoms with Crippen LogP contribution >= 0.6 is 33.5 Å². The maximum Gasteiger partial charge on any atom is 0.697 e. The van der Waals surface area contributed by atoms with Gasteiger partial charge in [-0.25, -0.2) is 0 Å². The molecular formula is C4H10O3PS2+. The summed E-state index contributed by atoms with van der Waals surface area (Å²) in [7, 11) is -1.94. The zero-order chi connectivity index (χ0) is 7.82. The minimum absolute atomic E-state index is 0.352. The molecule has 0 unspecified atom stereocenters. The minimum Gasteiger partial charge on any atom is -0.177 e. The molecule has 0 radical (unpaired) electrons. The first-order chi connectivity index (χ1) is 4.81. The number of hydrogen-bond acceptors (Lipinski definition) is 5. The highest BCUT2D eigenvalue weighted by molar-refractivity contribution is 7.80. The topological polar surface area (TPSA) is 35.5 Å². The Bertz CT molecular complexity index is 90.5. The van der Waals surface area contributed by atoms with E-state index in [1.54, 1.807) is 0 Å². The van der Waals surface area contributed by atoms with Crippen LogP contribution < -0.4 is 0 Å². The van der Waals surface area contributed by atoms with Crippen molar-refractivity contribution in [1.82, 2.24) is 0 Å². The lowest BCUT2D eigenvalue weighted by Crippen LogP contribution is -1.91. The number of thiol groups is 2. The van der Waals surface area contributed by atoms with Gasteiger partial charge in [-0.2, -0.15) is 25.3 Å². The van der Waals surface area contributed by atoms with Crippen LogP contribution in [0.3, 0.4) is 0 Å². The molecule has 0 fully saturated rings. The van der Waals surface area contributed by atoms with Crippen LogP contribution in [0.15, 0.2) is 0 Å². The fourth-order valence-electron chi connectivity index (χ4n) is 0.268. The molecule has 0 aliphatic rings. The average molecular weight is 201 g/mol. The third kappa shape index (κ3) is 6.83. The predicted octanol–water partition coefficient (Wildman–Crippen LogP) is 1.54. The molecule has 6 heteroatoms. The monoisotopic (exact) mass is 201 g/mol. The largest absolute Gasteiger partial charge is 0.697 e. The van der Waals surface area contributed by atoms with Crippen molar-refractivity contribution in [3.8, 4) is 0 Å². The Morgan fingerprint density at radius 2 is 1.50 bits per heavy atom. The van der Waals surface area contributed by atoms with Crippen molar-refractivity contribution in [1.29, 1.82) is 0 Å². The first-order valence-electron chi connectivity index (χ1n) is 2.76. The van der Waals surface area contributed by atoms with Crippen LogP contribution in [0.4, 0.5) is 0 Å². The summed E-state index contributed by atoms with van der Waals surface area (Å²) in [5.41, 5.74) is 0. The predicted molar refractivity (Wildman–Crippen MR) is 47.2 cm³/mol.